The molecule has 0 spiro atoms. The fourth-order valence-corrected chi connectivity index (χ4v) is 3.04. The number of hydrogen-bond donors (Lipinski definition) is 0. The number of ether oxygens (including phenoxy) is 2. The van der Waals surface area contributed by atoms with Crippen molar-refractivity contribution >= 4 is 0 Å². The van der Waals surface area contributed by atoms with E-state index in [1.165, 1.54) is 5.56 Å². The minimum atomic E-state index is -0.414. The van der Waals surface area contributed by atoms with E-state index in [0.29, 0.717) is 6.04 Å². The van der Waals surface area contributed by atoms with Crippen molar-refractivity contribution in [3.05, 3.63) is 35.9 Å². The van der Waals surface area contributed by atoms with Crippen LogP contribution in [-0.2, 0) is 16.0 Å². The van der Waals surface area contributed by atoms with Gasteiger partial charge in [-0.05, 0) is 26.3 Å². The maximum atomic E-state index is 5.99. The zero-order valence-electron chi connectivity index (χ0n) is 11.3. The summed E-state index contributed by atoms with van der Waals surface area (Å²) >= 11 is 0. The molecule has 0 unspecified atom stereocenters. The zero-order valence-corrected chi connectivity index (χ0v) is 11.3. The lowest BCUT2D eigenvalue weighted by atomic mass is 10.1. The summed E-state index contributed by atoms with van der Waals surface area (Å²) in [5, 5.41) is 0. The third-order valence-electron chi connectivity index (χ3n) is 3.92. The Morgan fingerprint density at radius 2 is 1.94 bits per heavy atom. The highest BCUT2D eigenvalue weighted by molar-refractivity contribution is 5.15. The van der Waals surface area contributed by atoms with Gasteiger partial charge in [-0.1, -0.05) is 30.3 Å². The van der Waals surface area contributed by atoms with Crippen LogP contribution in [0.3, 0.4) is 0 Å². The van der Waals surface area contributed by atoms with Crippen LogP contribution < -0.4 is 0 Å². The van der Waals surface area contributed by atoms with Gasteiger partial charge >= 0.3 is 0 Å². The highest BCUT2D eigenvalue weighted by atomic mass is 16.8. The molecule has 0 amide bonds. The normalized spacial score (nSPS) is 34.7. The van der Waals surface area contributed by atoms with E-state index < -0.39 is 5.79 Å². The van der Waals surface area contributed by atoms with E-state index >= 15 is 0 Å². The van der Waals surface area contributed by atoms with E-state index in [2.05, 4.69) is 42.2 Å². The molecule has 1 aromatic carbocycles. The molecular formula is C15H21NO2. The van der Waals surface area contributed by atoms with Gasteiger partial charge in [0.2, 0.25) is 0 Å². The predicted molar refractivity (Wildman–Crippen MR) is 70.1 cm³/mol. The Bertz CT molecular complexity index is 418. The molecule has 3 atom stereocenters. The molecule has 2 fully saturated rings. The van der Waals surface area contributed by atoms with Crippen molar-refractivity contribution in [2.24, 2.45) is 0 Å². The summed E-state index contributed by atoms with van der Waals surface area (Å²) in [6, 6.07) is 11.0. The first-order chi connectivity index (χ1) is 8.55. The quantitative estimate of drug-likeness (QED) is 0.801. The Morgan fingerprint density at radius 3 is 2.61 bits per heavy atom. The van der Waals surface area contributed by atoms with Crippen LogP contribution in [0.5, 0.6) is 0 Å². The number of likely N-dealkylation sites (tertiary alicyclic amines) is 1. The number of hydrogen-bond acceptors (Lipinski definition) is 3. The topological polar surface area (TPSA) is 21.7 Å². The molecule has 98 valence electrons. The fraction of sp³-hybridized carbons (Fsp3) is 0.600. The first kappa shape index (κ1) is 12.2. The average Bonchev–Trinajstić information content (AvgIpc) is 2.76. The van der Waals surface area contributed by atoms with Gasteiger partial charge in [0.05, 0.1) is 0 Å². The molecule has 0 radical (unpaired) electrons. The van der Waals surface area contributed by atoms with Gasteiger partial charge in [0.25, 0.3) is 0 Å². The van der Waals surface area contributed by atoms with Crippen LogP contribution in [0.2, 0.25) is 0 Å². The molecule has 2 aliphatic heterocycles. The standard InChI is InChI=1S/C15H21NO2/c1-11-14-13(17-15(2,3)18-14)10-16(11)9-12-7-5-4-6-8-12/h4-8,11,13-14H,9-10H2,1-3H3/t11-,13+,14-/m1/s1. The van der Waals surface area contributed by atoms with Crippen molar-refractivity contribution in [3.63, 3.8) is 0 Å². The van der Waals surface area contributed by atoms with E-state index in [1.807, 2.05) is 13.8 Å². The Morgan fingerprint density at radius 1 is 1.22 bits per heavy atom. The number of benzene rings is 1. The third kappa shape index (κ3) is 2.18. The molecule has 1 aromatic rings. The SMILES string of the molecule is C[C@@H]1[C@H]2OC(C)(C)O[C@H]2CN1Cc1ccccc1. The van der Waals surface area contributed by atoms with E-state index in [9.17, 15) is 0 Å². The molecular weight excluding hydrogens is 226 g/mol. The minimum absolute atomic E-state index is 0.212. The fourth-order valence-electron chi connectivity index (χ4n) is 3.04. The smallest absolute Gasteiger partial charge is 0.163 e. The Balaban J connectivity index is 1.68. The summed E-state index contributed by atoms with van der Waals surface area (Å²) < 4.78 is 11.9. The Hall–Kier alpha value is -0.900. The van der Waals surface area contributed by atoms with Crippen molar-refractivity contribution in [2.45, 2.75) is 51.4 Å². The molecule has 0 saturated carbocycles. The van der Waals surface area contributed by atoms with Crippen molar-refractivity contribution in [3.8, 4) is 0 Å². The van der Waals surface area contributed by atoms with Crippen LogP contribution in [0.15, 0.2) is 30.3 Å². The lowest BCUT2D eigenvalue weighted by Crippen LogP contribution is -2.36. The second-order valence-electron chi connectivity index (χ2n) is 5.79. The van der Waals surface area contributed by atoms with Crippen molar-refractivity contribution in [2.75, 3.05) is 6.54 Å². The van der Waals surface area contributed by atoms with Crippen LogP contribution in [0.4, 0.5) is 0 Å². The Kier molecular flexibility index (Phi) is 2.93. The molecule has 2 heterocycles. The third-order valence-corrected chi connectivity index (χ3v) is 3.92. The molecule has 0 N–H and O–H groups in total. The number of rotatable bonds is 2. The van der Waals surface area contributed by atoms with Gasteiger partial charge in [0, 0.05) is 19.1 Å². The van der Waals surface area contributed by atoms with Crippen LogP contribution in [0.25, 0.3) is 0 Å². The van der Waals surface area contributed by atoms with Gasteiger partial charge in [-0.25, -0.2) is 0 Å². The van der Waals surface area contributed by atoms with Crippen LogP contribution in [0.1, 0.15) is 26.3 Å². The van der Waals surface area contributed by atoms with Gasteiger partial charge in [-0.3, -0.25) is 4.90 Å². The summed E-state index contributed by atoms with van der Waals surface area (Å²) in [6.45, 7) is 8.17. The second-order valence-corrected chi connectivity index (χ2v) is 5.79. The van der Waals surface area contributed by atoms with Crippen molar-refractivity contribution in [1.82, 2.24) is 4.90 Å². The Labute approximate surface area is 109 Å². The van der Waals surface area contributed by atoms with Gasteiger partial charge < -0.3 is 9.47 Å². The first-order valence-corrected chi connectivity index (χ1v) is 6.69. The molecule has 3 nitrogen and oxygen atoms in total. The zero-order chi connectivity index (χ0) is 12.8. The molecule has 3 heteroatoms. The van der Waals surface area contributed by atoms with Gasteiger partial charge in [-0.2, -0.15) is 0 Å². The summed E-state index contributed by atoms with van der Waals surface area (Å²) in [6.07, 6.45) is 0.433. The minimum Gasteiger partial charge on any atom is -0.343 e. The van der Waals surface area contributed by atoms with E-state index in [0.717, 1.165) is 13.1 Å². The summed E-state index contributed by atoms with van der Waals surface area (Å²) in [7, 11) is 0. The van der Waals surface area contributed by atoms with E-state index in [1.54, 1.807) is 0 Å². The summed E-state index contributed by atoms with van der Waals surface area (Å²) in [5.41, 5.74) is 1.35. The predicted octanol–water partition coefficient (Wildman–Crippen LogP) is 2.41. The highest BCUT2D eigenvalue weighted by Crippen LogP contribution is 2.36. The molecule has 3 rings (SSSR count). The van der Waals surface area contributed by atoms with Crippen LogP contribution in [-0.4, -0.2) is 35.5 Å². The maximum absolute atomic E-state index is 5.99. The average molecular weight is 247 g/mol. The lowest BCUT2D eigenvalue weighted by Gasteiger charge is -2.27. The van der Waals surface area contributed by atoms with E-state index in [-0.39, 0.29) is 12.2 Å². The first-order valence-electron chi connectivity index (χ1n) is 6.69. The lowest BCUT2D eigenvalue weighted by molar-refractivity contribution is -0.161. The van der Waals surface area contributed by atoms with E-state index in [4.69, 9.17) is 9.47 Å². The number of fused-ring (bicyclic) bond motifs is 1. The van der Waals surface area contributed by atoms with Gasteiger partial charge in [-0.15, -0.1) is 0 Å². The summed E-state index contributed by atoms with van der Waals surface area (Å²) in [4.78, 5) is 2.44. The molecule has 18 heavy (non-hydrogen) atoms. The van der Waals surface area contributed by atoms with Crippen molar-refractivity contribution < 1.29 is 9.47 Å². The molecule has 0 aliphatic carbocycles. The largest absolute Gasteiger partial charge is 0.343 e. The highest BCUT2D eigenvalue weighted by Gasteiger charge is 2.50. The molecule has 2 aliphatic rings. The van der Waals surface area contributed by atoms with Gasteiger partial charge in [0.15, 0.2) is 5.79 Å². The van der Waals surface area contributed by atoms with Crippen molar-refractivity contribution in [1.29, 1.82) is 0 Å². The number of nitrogens with zero attached hydrogens (tertiary/aromatic N) is 1. The monoisotopic (exact) mass is 247 g/mol. The molecule has 2 saturated heterocycles. The second kappa shape index (κ2) is 4.34. The van der Waals surface area contributed by atoms with Gasteiger partial charge in [0.1, 0.15) is 12.2 Å². The van der Waals surface area contributed by atoms with Crippen LogP contribution >= 0.6 is 0 Å². The maximum Gasteiger partial charge on any atom is 0.163 e. The molecule has 0 bridgehead atoms. The summed E-state index contributed by atoms with van der Waals surface area (Å²) in [5.74, 6) is -0.414. The molecule has 0 aromatic heterocycles. The van der Waals surface area contributed by atoms with Crippen LogP contribution in [0, 0.1) is 0 Å².